The first kappa shape index (κ1) is 9.18. The molecule has 0 aromatic heterocycles. The standard InChI is InChI=1S/C40H26/c1-2-13-29-25-31(24-23-27(29)11-1)30-15-9-16-32(26-30)39-35-18-5-7-20-37(35)40(38-21-8-6-19-36(38)39)34-22-10-14-28-12-3-4-17-33(28)34/h1-26H/i1D,2D,3D,4D,5D,6D,7D,8D,9D,10D,11D,12D,13D,14D,15D,16D,17D,18D,20D,22D,23D,24D,25D,26D. The normalized spacial score (nSPS) is 19.9. The molecule has 0 aliphatic carbocycles. The molecule has 8 aromatic rings. The maximum Gasteiger partial charge on any atom is 0.0636 e. The van der Waals surface area contributed by atoms with Crippen molar-refractivity contribution in [3.8, 4) is 33.4 Å². The largest absolute Gasteiger partial charge is 0.0636 e. The van der Waals surface area contributed by atoms with Crippen LogP contribution in [0, 0.1) is 0 Å². The van der Waals surface area contributed by atoms with Crippen molar-refractivity contribution in [1.82, 2.24) is 0 Å². The van der Waals surface area contributed by atoms with Crippen molar-refractivity contribution in [3.05, 3.63) is 157 Å². The van der Waals surface area contributed by atoms with Crippen molar-refractivity contribution in [2.75, 3.05) is 0 Å². The molecule has 0 nitrogen and oxygen atoms in total. The van der Waals surface area contributed by atoms with Crippen LogP contribution in [0.2, 0.25) is 0 Å². The molecule has 40 heavy (non-hydrogen) atoms. The molecule has 0 atom stereocenters. The van der Waals surface area contributed by atoms with Gasteiger partial charge in [-0.05, 0) is 88.6 Å². The molecule has 0 fully saturated rings. The van der Waals surface area contributed by atoms with Gasteiger partial charge in [0, 0.05) is 0 Å². The van der Waals surface area contributed by atoms with E-state index < -0.39 is 211 Å². The van der Waals surface area contributed by atoms with Crippen LogP contribution in [-0.2, 0) is 0 Å². The Morgan fingerprint density at radius 2 is 0.900 bits per heavy atom. The van der Waals surface area contributed by atoms with E-state index in [4.69, 9.17) is 26.0 Å². The van der Waals surface area contributed by atoms with Crippen molar-refractivity contribution in [2.24, 2.45) is 0 Å². The summed E-state index contributed by atoms with van der Waals surface area (Å²) in [6.07, 6.45) is 0. The van der Waals surface area contributed by atoms with Crippen LogP contribution in [0.1, 0.15) is 32.9 Å². The summed E-state index contributed by atoms with van der Waals surface area (Å²) in [6.45, 7) is 0. The van der Waals surface area contributed by atoms with Gasteiger partial charge in [-0.2, -0.15) is 0 Å². The quantitative estimate of drug-likeness (QED) is 0.199. The molecule has 0 heterocycles. The van der Waals surface area contributed by atoms with Crippen molar-refractivity contribution in [3.63, 3.8) is 0 Å². The summed E-state index contributed by atoms with van der Waals surface area (Å²) in [5.41, 5.74) is -3.55. The number of fused-ring (bicyclic) bond motifs is 4. The van der Waals surface area contributed by atoms with Crippen LogP contribution in [0.15, 0.2) is 157 Å². The van der Waals surface area contributed by atoms with Crippen LogP contribution >= 0.6 is 0 Å². The van der Waals surface area contributed by atoms with Crippen LogP contribution in [0.4, 0.5) is 0 Å². The molecule has 186 valence electrons. The molecule has 0 saturated carbocycles. The van der Waals surface area contributed by atoms with Crippen LogP contribution in [0.5, 0.6) is 0 Å². The second-order valence-electron chi connectivity index (χ2n) is 8.65. The van der Waals surface area contributed by atoms with E-state index in [0.29, 0.717) is 0 Å². The third kappa shape index (κ3) is 3.61. The second-order valence-corrected chi connectivity index (χ2v) is 8.65. The molecule has 8 aromatic carbocycles. The number of hydrogen-bond donors (Lipinski definition) is 0. The Morgan fingerprint density at radius 3 is 1.73 bits per heavy atom. The van der Waals surface area contributed by atoms with E-state index in [1.165, 1.54) is 0 Å². The van der Waals surface area contributed by atoms with Crippen molar-refractivity contribution in [1.29, 1.82) is 0 Å². The van der Waals surface area contributed by atoms with Gasteiger partial charge in [-0.25, -0.2) is 0 Å². The van der Waals surface area contributed by atoms with Crippen LogP contribution in [0.25, 0.3) is 76.5 Å². The number of hydrogen-bond acceptors (Lipinski definition) is 0. The summed E-state index contributed by atoms with van der Waals surface area (Å²) in [5.74, 6) is 0. The van der Waals surface area contributed by atoms with Crippen molar-refractivity contribution < 1.29 is 32.9 Å². The van der Waals surface area contributed by atoms with Gasteiger partial charge >= 0.3 is 0 Å². The van der Waals surface area contributed by atoms with E-state index in [0.717, 1.165) is 12.1 Å². The van der Waals surface area contributed by atoms with Gasteiger partial charge in [0.15, 0.2) is 0 Å². The molecule has 0 aliphatic rings. The average molecular weight is 531 g/mol. The fourth-order valence-electron chi connectivity index (χ4n) is 4.77. The summed E-state index contributed by atoms with van der Waals surface area (Å²) in [6, 6.07) is -17.4. The molecule has 0 heteroatoms. The van der Waals surface area contributed by atoms with Gasteiger partial charge in [-0.3, -0.25) is 0 Å². The van der Waals surface area contributed by atoms with E-state index in [1.807, 2.05) is 0 Å². The van der Waals surface area contributed by atoms with Gasteiger partial charge in [0.05, 0.1) is 32.9 Å². The third-order valence-electron chi connectivity index (χ3n) is 6.47. The minimum atomic E-state index is -0.962. The van der Waals surface area contributed by atoms with E-state index >= 15 is 0 Å². The van der Waals surface area contributed by atoms with Crippen LogP contribution in [0.3, 0.4) is 0 Å². The monoisotopic (exact) mass is 530 g/mol. The van der Waals surface area contributed by atoms with E-state index in [-0.39, 0.29) is 10.8 Å². The SMILES string of the molecule is [2H]c1cc2c(-c3c([2H])c([2H])c([2H])c(-c4c([2H])c([2H])c5c([2H])c([2H])c([2H])c([2H])c5c4[2H])c3[2H])c3c([2H])c([2H])c([2H])c([2H])c3c(-c3c([2H])c([2H])c([2H])c4c([2H])c([2H])c([2H])c([2H])c34)c2cc1[2H]. The molecule has 0 aliphatic heterocycles. The van der Waals surface area contributed by atoms with Gasteiger partial charge < -0.3 is 0 Å². The van der Waals surface area contributed by atoms with Crippen molar-refractivity contribution >= 4 is 43.1 Å². The van der Waals surface area contributed by atoms with E-state index in [2.05, 4.69) is 0 Å². The molecule has 0 bridgehead atoms. The molecular formula is C40H26. The number of benzene rings is 8. The highest BCUT2D eigenvalue weighted by Gasteiger charge is 2.18. The molecule has 0 spiro atoms. The summed E-state index contributed by atoms with van der Waals surface area (Å²) in [4.78, 5) is 0. The highest BCUT2D eigenvalue weighted by atomic mass is 14.2. The Hall–Kier alpha value is -5.20. The summed E-state index contributed by atoms with van der Waals surface area (Å²) >= 11 is 0. The lowest BCUT2D eigenvalue weighted by molar-refractivity contribution is 1.63. The first-order valence-electron chi connectivity index (χ1n) is 23.9. The predicted molar refractivity (Wildman–Crippen MR) is 173 cm³/mol. The lowest BCUT2D eigenvalue weighted by Gasteiger charge is -2.19. The third-order valence-corrected chi connectivity index (χ3v) is 6.47. The molecule has 8 rings (SSSR count). The highest BCUT2D eigenvalue weighted by Crippen LogP contribution is 2.45. The predicted octanol–water partition coefficient (Wildman–Crippen LogP) is 11.3. The minimum Gasteiger partial charge on any atom is -0.0616 e. The van der Waals surface area contributed by atoms with Gasteiger partial charge in [0.2, 0.25) is 0 Å². The zero-order valence-corrected chi connectivity index (χ0v) is 20.2. The first-order chi connectivity index (χ1) is 29.8. The lowest BCUT2D eigenvalue weighted by Crippen LogP contribution is -1.92. The van der Waals surface area contributed by atoms with Crippen LogP contribution in [-0.4, -0.2) is 0 Å². The minimum absolute atomic E-state index is 0.271. The fraction of sp³-hybridized carbons (Fsp3) is 0. The Bertz CT molecular complexity index is 3530. The summed E-state index contributed by atoms with van der Waals surface area (Å²) in [7, 11) is 0. The lowest BCUT2D eigenvalue weighted by atomic mass is 9.84. The molecular weight excluding hydrogens is 480 g/mol. The molecule has 0 N–H and O–H groups in total. The number of rotatable bonds is 3. The summed E-state index contributed by atoms with van der Waals surface area (Å²) in [5, 5.41) is -3.73. The molecule has 0 saturated heterocycles. The summed E-state index contributed by atoms with van der Waals surface area (Å²) < 4.78 is 212. The average Bonchev–Trinajstić information content (AvgIpc) is 3.25. The van der Waals surface area contributed by atoms with Crippen LogP contribution < -0.4 is 0 Å². The Morgan fingerprint density at radius 1 is 0.325 bits per heavy atom. The Balaban J connectivity index is 1.69. The van der Waals surface area contributed by atoms with Crippen molar-refractivity contribution in [2.45, 2.75) is 0 Å². The van der Waals surface area contributed by atoms with Gasteiger partial charge in [-0.15, -0.1) is 0 Å². The topological polar surface area (TPSA) is 0 Å². The zero-order chi connectivity index (χ0) is 47.4. The first-order valence-corrected chi connectivity index (χ1v) is 11.9. The fourth-order valence-corrected chi connectivity index (χ4v) is 4.77. The zero-order valence-electron chi connectivity index (χ0n) is 44.2. The van der Waals surface area contributed by atoms with Gasteiger partial charge in [0.25, 0.3) is 0 Å². The smallest absolute Gasteiger partial charge is 0.0616 e. The van der Waals surface area contributed by atoms with E-state index in [9.17, 15) is 6.85 Å². The maximum atomic E-state index is 9.68. The van der Waals surface area contributed by atoms with Gasteiger partial charge in [-0.1, -0.05) is 145 Å². The molecule has 0 amide bonds. The second kappa shape index (κ2) is 9.22. The van der Waals surface area contributed by atoms with Gasteiger partial charge in [0.1, 0.15) is 0 Å². The maximum absolute atomic E-state index is 9.68. The Labute approximate surface area is 267 Å². The van der Waals surface area contributed by atoms with E-state index in [1.54, 1.807) is 0 Å². The molecule has 0 radical (unpaired) electrons. The Kier molecular flexibility index (Phi) is 2.12. The highest BCUT2D eigenvalue weighted by molar-refractivity contribution is 6.23. The molecule has 0 unspecified atom stereocenters.